The van der Waals surface area contributed by atoms with Crippen molar-refractivity contribution in [2.75, 3.05) is 5.32 Å². The predicted octanol–water partition coefficient (Wildman–Crippen LogP) is 2.66. The van der Waals surface area contributed by atoms with Gasteiger partial charge in [0.25, 0.3) is 0 Å². The van der Waals surface area contributed by atoms with Gasteiger partial charge in [-0.15, -0.1) is 10.2 Å². The molecule has 0 atom stereocenters. The second-order valence-electron chi connectivity index (χ2n) is 4.95. The third-order valence-corrected chi connectivity index (χ3v) is 4.05. The Morgan fingerprint density at radius 3 is 2.74 bits per heavy atom. The van der Waals surface area contributed by atoms with Gasteiger partial charge in [0.15, 0.2) is 0 Å². The number of hydrogen-bond donors (Lipinski definition) is 2. The Bertz CT molecular complexity index is 797. The van der Waals surface area contributed by atoms with Gasteiger partial charge in [-0.2, -0.15) is 5.10 Å². The van der Waals surface area contributed by atoms with Gasteiger partial charge in [0.05, 0.1) is 11.4 Å². The number of rotatable bonds is 4. The minimum atomic E-state index is -0.312. The van der Waals surface area contributed by atoms with Gasteiger partial charge in [-0.3, -0.25) is 5.32 Å². The fraction of sp³-hybridized carbons (Fsp3) is 0.200. The van der Waals surface area contributed by atoms with Crippen LogP contribution in [-0.2, 0) is 6.54 Å². The molecule has 23 heavy (non-hydrogen) atoms. The summed E-state index contributed by atoms with van der Waals surface area (Å²) in [7, 11) is 0. The Morgan fingerprint density at radius 2 is 2.04 bits per heavy atom. The summed E-state index contributed by atoms with van der Waals surface area (Å²) in [5, 5.41) is 17.9. The highest BCUT2D eigenvalue weighted by molar-refractivity contribution is 7.13. The van der Waals surface area contributed by atoms with E-state index >= 15 is 0 Å². The molecule has 0 unspecified atom stereocenters. The number of benzene rings is 1. The van der Waals surface area contributed by atoms with Gasteiger partial charge >= 0.3 is 6.03 Å². The molecule has 0 aliphatic heterocycles. The molecule has 0 spiro atoms. The molecule has 0 saturated heterocycles. The van der Waals surface area contributed by atoms with Crippen molar-refractivity contribution in [3.63, 3.8) is 0 Å². The van der Waals surface area contributed by atoms with Gasteiger partial charge in [-0.1, -0.05) is 29.5 Å². The second kappa shape index (κ2) is 6.57. The van der Waals surface area contributed by atoms with Gasteiger partial charge < -0.3 is 5.32 Å². The molecular weight excluding hydrogens is 312 g/mol. The van der Waals surface area contributed by atoms with E-state index in [0.717, 1.165) is 22.6 Å². The molecule has 0 radical (unpaired) electrons. The van der Waals surface area contributed by atoms with Crippen molar-refractivity contribution < 1.29 is 4.79 Å². The van der Waals surface area contributed by atoms with Crippen LogP contribution in [0.25, 0.3) is 5.69 Å². The van der Waals surface area contributed by atoms with Crippen LogP contribution in [0.3, 0.4) is 0 Å². The summed E-state index contributed by atoms with van der Waals surface area (Å²) in [6.07, 6.45) is 0. The number of para-hydroxylation sites is 1. The number of urea groups is 1. The maximum absolute atomic E-state index is 11.9. The normalized spacial score (nSPS) is 10.5. The number of nitrogens with one attached hydrogen (secondary N) is 2. The third kappa shape index (κ3) is 3.37. The fourth-order valence-electron chi connectivity index (χ4n) is 2.29. The Kier molecular flexibility index (Phi) is 4.33. The van der Waals surface area contributed by atoms with E-state index in [2.05, 4.69) is 25.9 Å². The van der Waals surface area contributed by atoms with Crippen molar-refractivity contribution in [1.29, 1.82) is 0 Å². The zero-order valence-corrected chi connectivity index (χ0v) is 13.6. The number of aromatic nitrogens is 4. The van der Waals surface area contributed by atoms with Crippen LogP contribution in [-0.4, -0.2) is 26.0 Å². The summed E-state index contributed by atoms with van der Waals surface area (Å²) in [6, 6.07) is 9.60. The molecule has 118 valence electrons. The molecule has 2 amide bonds. The van der Waals surface area contributed by atoms with E-state index in [1.807, 2.05) is 48.9 Å². The van der Waals surface area contributed by atoms with Crippen LogP contribution in [0.15, 0.2) is 35.8 Å². The Morgan fingerprint density at radius 1 is 1.26 bits per heavy atom. The maximum atomic E-state index is 11.9. The first-order chi connectivity index (χ1) is 11.1. The minimum Gasteiger partial charge on any atom is -0.334 e. The van der Waals surface area contributed by atoms with Crippen LogP contribution < -0.4 is 10.6 Å². The molecule has 3 aromatic rings. The van der Waals surface area contributed by atoms with Gasteiger partial charge in [0.1, 0.15) is 5.51 Å². The number of amides is 2. The summed E-state index contributed by atoms with van der Waals surface area (Å²) in [4.78, 5) is 11.9. The molecule has 7 nitrogen and oxygen atoms in total. The number of nitrogens with zero attached hydrogens (tertiary/aromatic N) is 4. The molecule has 2 aromatic heterocycles. The first-order valence-electron chi connectivity index (χ1n) is 7.06. The molecule has 2 N–H and O–H groups in total. The SMILES string of the molecule is Cc1nn(-c2ccccc2)c(C)c1CNC(=O)Nc1nncs1. The van der Waals surface area contributed by atoms with Crippen LogP contribution in [0.1, 0.15) is 17.0 Å². The first-order valence-corrected chi connectivity index (χ1v) is 7.94. The Hall–Kier alpha value is -2.74. The van der Waals surface area contributed by atoms with E-state index in [4.69, 9.17) is 0 Å². The van der Waals surface area contributed by atoms with E-state index in [1.165, 1.54) is 11.3 Å². The largest absolute Gasteiger partial charge is 0.334 e. The molecule has 0 fully saturated rings. The molecule has 0 bridgehead atoms. The highest BCUT2D eigenvalue weighted by atomic mass is 32.1. The van der Waals surface area contributed by atoms with Gasteiger partial charge in [0, 0.05) is 17.8 Å². The van der Waals surface area contributed by atoms with Gasteiger partial charge in [0.2, 0.25) is 5.13 Å². The molecule has 8 heteroatoms. The number of hydrogen-bond acceptors (Lipinski definition) is 5. The van der Waals surface area contributed by atoms with E-state index in [0.29, 0.717) is 11.7 Å². The number of carbonyl (C=O) groups excluding carboxylic acids is 1. The molecule has 0 saturated carbocycles. The molecule has 0 aliphatic carbocycles. The van der Waals surface area contributed by atoms with Crippen LogP contribution >= 0.6 is 11.3 Å². The lowest BCUT2D eigenvalue weighted by molar-refractivity contribution is 0.251. The molecular formula is C15H16N6OS. The zero-order chi connectivity index (χ0) is 16.2. The molecule has 3 rings (SSSR count). The predicted molar refractivity (Wildman–Crippen MR) is 88.8 cm³/mol. The Balaban J connectivity index is 1.71. The first kappa shape index (κ1) is 15.2. The number of aryl methyl sites for hydroxylation is 1. The minimum absolute atomic E-state index is 0.312. The number of anilines is 1. The summed E-state index contributed by atoms with van der Waals surface area (Å²) >= 11 is 1.27. The van der Waals surface area contributed by atoms with Crippen LogP contribution in [0, 0.1) is 13.8 Å². The van der Waals surface area contributed by atoms with Crippen molar-refractivity contribution in [3.8, 4) is 5.69 Å². The topological polar surface area (TPSA) is 84.7 Å². The smallest absolute Gasteiger partial charge is 0.321 e. The van der Waals surface area contributed by atoms with Gasteiger partial charge in [-0.25, -0.2) is 9.48 Å². The molecule has 0 aliphatic rings. The lowest BCUT2D eigenvalue weighted by atomic mass is 10.2. The van der Waals surface area contributed by atoms with E-state index < -0.39 is 0 Å². The quantitative estimate of drug-likeness (QED) is 0.771. The average molecular weight is 328 g/mol. The second-order valence-corrected chi connectivity index (χ2v) is 5.78. The summed E-state index contributed by atoms with van der Waals surface area (Å²) in [6.45, 7) is 4.33. The Labute approximate surface area is 137 Å². The highest BCUT2D eigenvalue weighted by Gasteiger charge is 2.13. The average Bonchev–Trinajstić information content (AvgIpc) is 3.15. The van der Waals surface area contributed by atoms with E-state index in [9.17, 15) is 4.79 Å². The maximum Gasteiger partial charge on any atom is 0.321 e. The zero-order valence-electron chi connectivity index (χ0n) is 12.8. The lowest BCUT2D eigenvalue weighted by Gasteiger charge is -2.07. The number of carbonyl (C=O) groups is 1. The van der Waals surface area contributed by atoms with Gasteiger partial charge in [-0.05, 0) is 26.0 Å². The summed E-state index contributed by atoms with van der Waals surface area (Å²) in [5.74, 6) is 0. The van der Waals surface area contributed by atoms with Crippen LogP contribution in [0.4, 0.5) is 9.93 Å². The lowest BCUT2D eigenvalue weighted by Crippen LogP contribution is -2.28. The van der Waals surface area contributed by atoms with Crippen molar-refractivity contribution in [2.24, 2.45) is 0 Å². The van der Waals surface area contributed by atoms with Crippen molar-refractivity contribution in [1.82, 2.24) is 25.3 Å². The van der Waals surface area contributed by atoms with Crippen LogP contribution in [0.2, 0.25) is 0 Å². The van der Waals surface area contributed by atoms with Crippen molar-refractivity contribution >= 4 is 22.5 Å². The fourth-order valence-corrected chi connectivity index (χ4v) is 2.73. The molecule has 1 aromatic carbocycles. The summed E-state index contributed by atoms with van der Waals surface area (Å²) in [5.41, 5.74) is 5.46. The monoisotopic (exact) mass is 328 g/mol. The van der Waals surface area contributed by atoms with Crippen molar-refractivity contribution in [3.05, 3.63) is 52.8 Å². The standard InChI is InChI=1S/C15H16N6OS/c1-10-13(8-16-14(22)18-15-19-17-9-23-15)11(2)21(20-10)12-6-4-3-5-7-12/h3-7,9H,8H2,1-2H3,(H2,16,18,19,22). The van der Waals surface area contributed by atoms with E-state index in [1.54, 1.807) is 5.51 Å². The van der Waals surface area contributed by atoms with Crippen molar-refractivity contribution in [2.45, 2.75) is 20.4 Å². The third-order valence-electron chi connectivity index (χ3n) is 3.45. The highest BCUT2D eigenvalue weighted by Crippen LogP contribution is 2.17. The summed E-state index contributed by atoms with van der Waals surface area (Å²) < 4.78 is 1.88. The molecule has 2 heterocycles. The van der Waals surface area contributed by atoms with Crippen LogP contribution in [0.5, 0.6) is 0 Å². The van der Waals surface area contributed by atoms with E-state index in [-0.39, 0.29) is 6.03 Å².